The molecule has 0 N–H and O–H groups in total. The first kappa shape index (κ1) is 7.62. The predicted octanol–water partition coefficient (Wildman–Crippen LogP) is -0.710. The van der Waals surface area contributed by atoms with Crippen molar-refractivity contribution in [3.63, 3.8) is 0 Å². The van der Waals surface area contributed by atoms with Gasteiger partial charge in [0.15, 0.2) is 7.11 Å². The lowest BCUT2D eigenvalue weighted by atomic mass is 10.5. The molecule has 0 aromatic rings. The fraction of sp³-hybridized carbons (Fsp3) is 0.750. The van der Waals surface area contributed by atoms with Crippen molar-refractivity contribution >= 4 is 18.6 Å². The van der Waals surface area contributed by atoms with Crippen molar-refractivity contribution in [2.24, 2.45) is 0 Å². The lowest BCUT2D eigenvalue weighted by Crippen LogP contribution is -2.12. The molecule has 4 heteroatoms. The zero-order valence-electron chi connectivity index (χ0n) is 4.59. The van der Waals surface area contributed by atoms with Crippen molar-refractivity contribution in [1.29, 1.82) is 0 Å². The van der Waals surface area contributed by atoms with Crippen molar-refractivity contribution in [2.75, 3.05) is 12.9 Å². The van der Waals surface area contributed by atoms with E-state index in [0.29, 0.717) is 12.2 Å². The van der Waals surface area contributed by atoms with Crippen molar-refractivity contribution in [1.82, 2.24) is 0 Å². The van der Waals surface area contributed by atoms with Gasteiger partial charge in [0.1, 0.15) is 6.42 Å². The molecule has 0 aliphatic carbocycles. The SMILES string of the molecule is COC(CCS)=[O+][O-]. The zero-order chi connectivity index (χ0) is 6.41. The van der Waals surface area contributed by atoms with Crippen LogP contribution in [0.15, 0.2) is 0 Å². The highest BCUT2D eigenvalue weighted by Crippen LogP contribution is 1.85. The number of hydrogen-bond donors (Lipinski definition) is 1. The molecule has 0 amide bonds. The Morgan fingerprint density at radius 1 is 1.88 bits per heavy atom. The van der Waals surface area contributed by atoms with Gasteiger partial charge in [-0.2, -0.15) is 12.6 Å². The highest BCUT2D eigenvalue weighted by Gasteiger charge is 2.06. The number of carbonyl (C=O) groups excluding carboxylic acids is 1. The van der Waals surface area contributed by atoms with Crippen LogP contribution in [0.4, 0.5) is 0 Å². The highest BCUT2D eigenvalue weighted by atomic mass is 32.1. The predicted molar refractivity (Wildman–Crippen MR) is 30.5 cm³/mol. The Labute approximate surface area is 53.3 Å². The summed E-state index contributed by atoms with van der Waals surface area (Å²) in [7, 11) is 1.39. The van der Waals surface area contributed by atoms with E-state index in [-0.39, 0.29) is 5.97 Å². The quantitative estimate of drug-likeness (QED) is 0.179. The van der Waals surface area contributed by atoms with Crippen molar-refractivity contribution < 1.29 is 14.6 Å². The number of esters is 1. The first-order chi connectivity index (χ1) is 3.85. The fourth-order valence-corrected chi connectivity index (χ4v) is 0.452. The van der Waals surface area contributed by atoms with E-state index in [1.165, 1.54) is 7.11 Å². The maximum atomic E-state index is 9.56. The number of ether oxygens (including phenoxy) is 1. The molecule has 0 fully saturated rings. The number of rotatable bonds is 2. The molecule has 48 valence electrons. The molecule has 0 bridgehead atoms. The third-order valence-corrected chi connectivity index (χ3v) is 0.860. The molecule has 0 rings (SSSR count). The minimum Gasteiger partial charge on any atom is -0.588 e. The Hall–Kier alpha value is -0.380. The van der Waals surface area contributed by atoms with Gasteiger partial charge >= 0.3 is 5.97 Å². The summed E-state index contributed by atoms with van der Waals surface area (Å²) in [6.45, 7) is 0. The minimum atomic E-state index is 0.0833. The zero-order valence-corrected chi connectivity index (χ0v) is 5.48. The van der Waals surface area contributed by atoms with Crippen molar-refractivity contribution in [3.05, 3.63) is 0 Å². The van der Waals surface area contributed by atoms with E-state index < -0.39 is 0 Å². The third kappa shape index (κ3) is 2.74. The van der Waals surface area contributed by atoms with E-state index in [0.717, 1.165) is 0 Å². The second-order valence-electron chi connectivity index (χ2n) is 1.13. The molecule has 8 heavy (non-hydrogen) atoms. The average Bonchev–Trinajstić information content (AvgIpc) is 1.83. The van der Waals surface area contributed by atoms with E-state index >= 15 is 0 Å². The second-order valence-corrected chi connectivity index (χ2v) is 1.58. The molecule has 0 aliphatic heterocycles. The van der Waals surface area contributed by atoms with Gasteiger partial charge in [-0.05, 0) is 0 Å². The van der Waals surface area contributed by atoms with Crippen LogP contribution in [0.25, 0.3) is 0 Å². The van der Waals surface area contributed by atoms with E-state index in [2.05, 4.69) is 21.9 Å². The molecular weight excluding hydrogens is 128 g/mol. The maximum Gasteiger partial charge on any atom is 0.497 e. The van der Waals surface area contributed by atoms with Gasteiger partial charge in [0.05, 0.1) is 0 Å². The molecule has 0 aromatic heterocycles. The fourth-order valence-electron chi connectivity index (χ4n) is 0.269. The van der Waals surface area contributed by atoms with Crippen LogP contribution in [0.1, 0.15) is 6.42 Å². The second kappa shape index (κ2) is 4.77. The standard InChI is InChI=1S/C4H8O3S/c1-6-4(7-5)2-3-8/h8H,2-3H2,1H3. The molecule has 3 nitrogen and oxygen atoms in total. The molecular formula is C4H8O3S. The number of hydrogen-bond acceptors (Lipinski definition) is 3. The number of methoxy groups -OCH3 is 1. The molecule has 0 unspecified atom stereocenters. The summed E-state index contributed by atoms with van der Waals surface area (Å²) in [5.74, 6) is 0.644. The molecule has 0 saturated heterocycles. The van der Waals surface area contributed by atoms with Crippen LogP contribution in [0, 0.1) is 0 Å². The summed E-state index contributed by atoms with van der Waals surface area (Å²) in [6, 6.07) is 0. The summed E-state index contributed by atoms with van der Waals surface area (Å²) in [5.41, 5.74) is 0. The van der Waals surface area contributed by atoms with Crippen molar-refractivity contribution in [2.45, 2.75) is 6.42 Å². The van der Waals surface area contributed by atoms with E-state index in [4.69, 9.17) is 0 Å². The summed E-state index contributed by atoms with van der Waals surface area (Å²) in [6.07, 6.45) is 0.448. The van der Waals surface area contributed by atoms with Crippen LogP contribution in [0.3, 0.4) is 0 Å². The van der Waals surface area contributed by atoms with Crippen LogP contribution in [0.5, 0.6) is 0 Å². The first-order valence-electron chi connectivity index (χ1n) is 2.15. The van der Waals surface area contributed by atoms with Crippen LogP contribution in [-0.4, -0.2) is 18.8 Å². The Bertz CT molecular complexity index is 81.4. The largest absolute Gasteiger partial charge is 0.588 e. The van der Waals surface area contributed by atoms with Crippen LogP contribution < -0.4 is 5.26 Å². The minimum absolute atomic E-state index is 0.0833. The molecule has 0 radical (unpaired) electrons. The summed E-state index contributed by atoms with van der Waals surface area (Å²) in [4.78, 5) is 0. The Morgan fingerprint density at radius 3 is 2.62 bits per heavy atom. The molecule has 0 atom stereocenters. The van der Waals surface area contributed by atoms with Crippen LogP contribution in [-0.2, 0) is 9.31 Å². The molecule has 0 spiro atoms. The van der Waals surface area contributed by atoms with Crippen molar-refractivity contribution in [3.8, 4) is 0 Å². The normalized spacial score (nSPS) is 11.5. The van der Waals surface area contributed by atoms with Gasteiger partial charge in [-0.3, -0.25) is 4.58 Å². The monoisotopic (exact) mass is 136 g/mol. The maximum absolute atomic E-state index is 9.56. The number of thiol groups is 1. The third-order valence-electron chi connectivity index (χ3n) is 0.637. The van der Waals surface area contributed by atoms with Gasteiger partial charge in [0, 0.05) is 5.75 Å². The Balaban J connectivity index is 3.38. The Morgan fingerprint density at radius 2 is 2.50 bits per heavy atom. The molecule has 0 aliphatic rings. The summed E-state index contributed by atoms with van der Waals surface area (Å²) < 4.78 is 8.01. The highest BCUT2D eigenvalue weighted by molar-refractivity contribution is 7.80. The van der Waals surface area contributed by atoms with E-state index in [9.17, 15) is 5.26 Å². The lowest BCUT2D eigenvalue weighted by Gasteiger charge is -1.87. The molecule has 0 saturated carbocycles. The topological polar surface area (TPSA) is 43.6 Å². The van der Waals surface area contributed by atoms with Gasteiger partial charge in [-0.15, -0.1) is 0 Å². The van der Waals surface area contributed by atoms with E-state index in [1.54, 1.807) is 0 Å². The first-order valence-corrected chi connectivity index (χ1v) is 2.79. The average molecular weight is 136 g/mol. The van der Waals surface area contributed by atoms with Gasteiger partial charge in [-0.1, -0.05) is 0 Å². The summed E-state index contributed by atoms with van der Waals surface area (Å²) in [5, 5.41) is 9.56. The lowest BCUT2D eigenvalue weighted by molar-refractivity contribution is -1.05. The van der Waals surface area contributed by atoms with Gasteiger partial charge in [0.2, 0.25) is 0 Å². The Kier molecular flexibility index (Phi) is 4.54. The van der Waals surface area contributed by atoms with Crippen LogP contribution >= 0.6 is 12.6 Å². The smallest absolute Gasteiger partial charge is 0.497 e. The van der Waals surface area contributed by atoms with Gasteiger partial charge < -0.3 is 9.99 Å². The van der Waals surface area contributed by atoms with Crippen LogP contribution in [0.2, 0.25) is 0 Å². The molecule has 0 heterocycles. The van der Waals surface area contributed by atoms with Gasteiger partial charge in [-0.25, -0.2) is 0 Å². The molecule has 0 aromatic carbocycles. The van der Waals surface area contributed by atoms with Gasteiger partial charge in [0.25, 0.3) is 0 Å². The van der Waals surface area contributed by atoms with E-state index in [1.807, 2.05) is 0 Å². The summed E-state index contributed by atoms with van der Waals surface area (Å²) >= 11 is 3.85.